The minimum Gasteiger partial charge on any atom is -0.366 e. The monoisotopic (exact) mass is 419 g/mol. The van der Waals surface area contributed by atoms with Gasteiger partial charge in [-0.15, -0.1) is 5.92 Å². The standard InChI is InChI=1S/C22H25N7O2/c1-3-4-11-28-18-20(27-12-9-24-10-13-27)25-15(2)26-21(18)29(22(28)31)14-16-7-5-6-8-17(16)19(23)30/h5-8,24H,9-14H2,1-2H3,(H2,23,30). The van der Waals surface area contributed by atoms with Gasteiger partial charge in [-0.25, -0.2) is 14.8 Å². The number of piperazine rings is 1. The fourth-order valence-electron chi connectivity index (χ4n) is 3.91. The van der Waals surface area contributed by atoms with Crippen molar-refractivity contribution in [2.24, 2.45) is 5.73 Å². The van der Waals surface area contributed by atoms with Gasteiger partial charge in [0.25, 0.3) is 0 Å². The number of carbonyl (C=O) groups is 1. The van der Waals surface area contributed by atoms with E-state index in [2.05, 4.69) is 27.0 Å². The third kappa shape index (κ3) is 3.90. The van der Waals surface area contributed by atoms with Gasteiger partial charge < -0.3 is 16.0 Å². The van der Waals surface area contributed by atoms with Crippen LogP contribution in [0.3, 0.4) is 0 Å². The Morgan fingerprint density at radius 1 is 1.19 bits per heavy atom. The number of amides is 1. The number of imidazole rings is 1. The Bertz CT molecular complexity index is 1260. The van der Waals surface area contributed by atoms with E-state index >= 15 is 0 Å². The predicted molar refractivity (Wildman–Crippen MR) is 119 cm³/mol. The van der Waals surface area contributed by atoms with Crippen molar-refractivity contribution < 1.29 is 4.79 Å². The molecule has 1 aromatic carbocycles. The van der Waals surface area contributed by atoms with E-state index in [1.165, 1.54) is 0 Å². The number of nitrogens with one attached hydrogen (secondary N) is 1. The van der Waals surface area contributed by atoms with Gasteiger partial charge in [0.2, 0.25) is 5.91 Å². The van der Waals surface area contributed by atoms with Crippen molar-refractivity contribution in [2.45, 2.75) is 26.9 Å². The molecule has 9 nitrogen and oxygen atoms in total. The molecule has 0 saturated carbocycles. The summed E-state index contributed by atoms with van der Waals surface area (Å²) in [7, 11) is 0. The van der Waals surface area contributed by atoms with Gasteiger partial charge in [0.1, 0.15) is 11.3 Å². The lowest BCUT2D eigenvalue weighted by molar-refractivity contribution is 0.0999. The zero-order chi connectivity index (χ0) is 22.0. The molecule has 0 bridgehead atoms. The van der Waals surface area contributed by atoms with Gasteiger partial charge in [0, 0.05) is 31.7 Å². The highest BCUT2D eigenvalue weighted by Crippen LogP contribution is 2.25. The maximum absolute atomic E-state index is 13.5. The number of aromatic nitrogens is 4. The van der Waals surface area contributed by atoms with Crippen molar-refractivity contribution in [2.75, 3.05) is 31.1 Å². The molecule has 0 atom stereocenters. The van der Waals surface area contributed by atoms with Gasteiger partial charge >= 0.3 is 5.69 Å². The molecular weight excluding hydrogens is 394 g/mol. The first-order chi connectivity index (χ1) is 15.0. The van der Waals surface area contributed by atoms with E-state index in [-0.39, 0.29) is 18.8 Å². The van der Waals surface area contributed by atoms with E-state index in [0.29, 0.717) is 28.1 Å². The molecule has 3 N–H and O–H groups in total. The number of fused-ring (bicyclic) bond motifs is 1. The highest BCUT2D eigenvalue weighted by molar-refractivity contribution is 5.94. The molecule has 1 aliphatic rings. The van der Waals surface area contributed by atoms with Gasteiger partial charge in [-0.1, -0.05) is 24.1 Å². The van der Waals surface area contributed by atoms with Crippen LogP contribution in [-0.4, -0.2) is 51.2 Å². The number of nitrogens with zero attached hydrogens (tertiary/aromatic N) is 5. The molecule has 9 heteroatoms. The van der Waals surface area contributed by atoms with Crippen molar-refractivity contribution in [3.8, 4) is 11.8 Å². The van der Waals surface area contributed by atoms with Gasteiger partial charge in [0.05, 0.1) is 13.1 Å². The smallest absolute Gasteiger partial charge is 0.331 e. The Morgan fingerprint density at radius 2 is 1.94 bits per heavy atom. The zero-order valence-corrected chi connectivity index (χ0v) is 17.7. The van der Waals surface area contributed by atoms with Crippen molar-refractivity contribution in [1.82, 2.24) is 24.4 Å². The Hall–Kier alpha value is -3.64. The summed E-state index contributed by atoms with van der Waals surface area (Å²) in [6, 6.07) is 7.03. The summed E-state index contributed by atoms with van der Waals surface area (Å²) in [5.41, 5.74) is 7.55. The Kier molecular flexibility index (Phi) is 5.73. The minimum absolute atomic E-state index is 0.179. The highest BCUT2D eigenvalue weighted by atomic mass is 16.2. The number of anilines is 1. The minimum atomic E-state index is -0.531. The SMILES string of the molecule is CC#CCn1c(=O)n(Cc2ccccc2C(N)=O)c2nc(C)nc(N3CCNCC3)c21. The second kappa shape index (κ2) is 8.62. The van der Waals surface area contributed by atoms with Crippen LogP contribution in [0, 0.1) is 18.8 Å². The van der Waals surface area contributed by atoms with E-state index < -0.39 is 5.91 Å². The molecule has 2 aromatic heterocycles. The fourth-order valence-corrected chi connectivity index (χ4v) is 3.91. The van der Waals surface area contributed by atoms with Crippen LogP contribution in [0.15, 0.2) is 29.1 Å². The lowest BCUT2D eigenvalue weighted by Crippen LogP contribution is -2.44. The number of primary amides is 1. The molecule has 0 spiro atoms. The van der Waals surface area contributed by atoms with Crippen LogP contribution in [0.25, 0.3) is 11.2 Å². The summed E-state index contributed by atoms with van der Waals surface area (Å²) >= 11 is 0. The summed E-state index contributed by atoms with van der Waals surface area (Å²) in [5, 5.41) is 3.34. The van der Waals surface area contributed by atoms with Crippen LogP contribution < -0.4 is 21.6 Å². The normalized spacial score (nSPS) is 13.8. The van der Waals surface area contributed by atoms with E-state index in [1.807, 2.05) is 13.0 Å². The second-order valence-electron chi connectivity index (χ2n) is 7.41. The van der Waals surface area contributed by atoms with Crippen LogP contribution >= 0.6 is 0 Å². The van der Waals surface area contributed by atoms with Crippen molar-refractivity contribution >= 4 is 22.9 Å². The molecule has 160 valence electrons. The van der Waals surface area contributed by atoms with Crippen LogP contribution in [0.5, 0.6) is 0 Å². The van der Waals surface area contributed by atoms with E-state index in [1.54, 1.807) is 34.3 Å². The molecule has 0 unspecified atom stereocenters. The van der Waals surface area contributed by atoms with Gasteiger partial charge in [-0.2, -0.15) is 0 Å². The summed E-state index contributed by atoms with van der Waals surface area (Å²) in [5.74, 6) is 6.63. The summed E-state index contributed by atoms with van der Waals surface area (Å²) in [6.45, 7) is 7.24. The highest BCUT2D eigenvalue weighted by Gasteiger charge is 2.24. The van der Waals surface area contributed by atoms with Gasteiger partial charge in [-0.05, 0) is 25.5 Å². The third-order valence-corrected chi connectivity index (χ3v) is 5.39. The lowest BCUT2D eigenvalue weighted by atomic mass is 10.1. The number of hydrogen-bond acceptors (Lipinski definition) is 6. The number of benzene rings is 1. The predicted octanol–water partition coefficient (Wildman–Crippen LogP) is 0.482. The largest absolute Gasteiger partial charge is 0.366 e. The Morgan fingerprint density at radius 3 is 2.65 bits per heavy atom. The third-order valence-electron chi connectivity index (χ3n) is 5.39. The fraction of sp³-hybridized carbons (Fsp3) is 0.364. The average molecular weight is 419 g/mol. The maximum atomic E-state index is 13.5. The van der Waals surface area contributed by atoms with Crippen molar-refractivity contribution in [3.63, 3.8) is 0 Å². The van der Waals surface area contributed by atoms with E-state index in [0.717, 1.165) is 32.0 Å². The molecular formula is C22H25N7O2. The second-order valence-corrected chi connectivity index (χ2v) is 7.41. The van der Waals surface area contributed by atoms with Crippen molar-refractivity contribution in [3.05, 3.63) is 51.7 Å². The molecule has 3 heterocycles. The molecule has 0 radical (unpaired) electrons. The van der Waals surface area contributed by atoms with Crippen LogP contribution in [0.1, 0.15) is 28.7 Å². The molecule has 4 rings (SSSR count). The summed E-state index contributed by atoms with van der Waals surface area (Å²) in [6.07, 6.45) is 0. The maximum Gasteiger partial charge on any atom is 0.331 e. The molecule has 1 aliphatic heterocycles. The van der Waals surface area contributed by atoms with Gasteiger partial charge in [0.15, 0.2) is 11.5 Å². The van der Waals surface area contributed by atoms with Crippen LogP contribution in [-0.2, 0) is 13.1 Å². The molecule has 1 amide bonds. The van der Waals surface area contributed by atoms with Gasteiger partial charge in [-0.3, -0.25) is 13.9 Å². The van der Waals surface area contributed by atoms with Crippen LogP contribution in [0.2, 0.25) is 0 Å². The average Bonchev–Trinajstić information content (AvgIpc) is 3.03. The van der Waals surface area contributed by atoms with Crippen LogP contribution in [0.4, 0.5) is 5.82 Å². The number of carbonyl (C=O) groups excluding carboxylic acids is 1. The quantitative estimate of drug-likeness (QED) is 0.582. The molecule has 31 heavy (non-hydrogen) atoms. The topological polar surface area (TPSA) is 111 Å². The molecule has 1 saturated heterocycles. The first-order valence-corrected chi connectivity index (χ1v) is 10.2. The van der Waals surface area contributed by atoms with E-state index in [4.69, 9.17) is 10.7 Å². The molecule has 1 fully saturated rings. The van der Waals surface area contributed by atoms with E-state index in [9.17, 15) is 9.59 Å². The lowest BCUT2D eigenvalue weighted by Gasteiger charge is -2.29. The van der Waals surface area contributed by atoms with Crippen molar-refractivity contribution in [1.29, 1.82) is 0 Å². The number of rotatable bonds is 5. The Balaban J connectivity index is 1.95. The first kappa shape index (κ1) is 20.6. The number of hydrogen-bond donors (Lipinski definition) is 2. The summed E-state index contributed by atoms with van der Waals surface area (Å²) < 4.78 is 3.20. The number of nitrogens with two attached hydrogens (primary N) is 1. The first-order valence-electron chi connectivity index (χ1n) is 10.2. The summed E-state index contributed by atoms with van der Waals surface area (Å²) in [4.78, 5) is 36.8. The molecule has 3 aromatic rings. The zero-order valence-electron chi connectivity index (χ0n) is 17.7. The molecule has 0 aliphatic carbocycles. The number of aryl methyl sites for hydroxylation is 1. The Labute approximate surface area is 179 Å².